The second kappa shape index (κ2) is 7.61. The van der Waals surface area contributed by atoms with Gasteiger partial charge in [-0.3, -0.25) is 0 Å². The molecule has 6 heteroatoms. The summed E-state index contributed by atoms with van der Waals surface area (Å²) in [6, 6.07) is 14.1. The van der Waals surface area contributed by atoms with Crippen molar-refractivity contribution in [2.24, 2.45) is 0 Å². The minimum atomic E-state index is -0.505. The van der Waals surface area contributed by atoms with Crippen molar-refractivity contribution in [3.05, 3.63) is 53.4 Å². The van der Waals surface area contributed by atoms with Gasteiger partial charge < -0.3 is 14.7 Å². The van der Waals surface area contributed by atoms with Crippen molar-refractivity contribution < 1.29 is 9.32 Å². The molecule has 1 aromatic heterocycles. The Labute approximate surface area is 153 Å². The molecular formula is C20H24N4O2. The topological polar surface area (TPSA) is 82.2 Å². The van der Waals surface area contributed by atoms with Crippen molar-refractivity contribution in [2.75, 3.05) is 13.1 Å². The Balaban J connectivity index is 1.55. The smallest absolute Gasteiger partial charge is 0.317 e. The van der Waals surface area contributed by atoms with Gasteiger partial charge in [0.2, 0.25) is 0 Å². The molecule has 1 saturated heterocycles. The Kier molecular flexibility index (Phi) is 5.27. The number of piperidine rings is 1. The van der Waals surface area contributed by atoms with Gasteiger partial charge in [-0.15, -0.1) is 0 Å². The number of hydrogen-bond acceptors (Lipinski definition) is 4. The van der Waals surface area contributed by atoms with Gasteiger partial charge in [-0.05, 0) is 24.3 Å². The fourth-order valence-electron chi connectivity index (χ4n) is 3.27. The molecule has 3 rings (SSSR count). The lowest BCUT2D eigenvalue weighted by atomic mass is 9.74. The molecule has 26 heavy (non-hydrogen) atoms. The van der Waals surface area contributed by atoms with Crippen molar-refractivity contribution in [3.8, 4) is 6.07 Å². The monoisotopic (exact) mass is 352 g/mol. The quantitative estimate of drug-likeness (QED) is 0.912. The van der Waals surface area contributed by atoms with Gasteiger partial charge >= 0.3 is 6.03 Å². The summed E-state index contributed by atoms with van der Waals surface area (Å²) in [6.45, 7) is 5.52. The molecule has 2 aromatic rings. The van der Waals surface area contributed by atoms with Crippen LogP contribution in [0.25, 0.3) is 0 Å². The van der Waals surface area contributed by atoms with E-state index in [1.165, 1.54) is 0 Å². The van der Waals surface area contributed by atoms with Crippen LogP contribution in [0, 0.1) is 11.3 Å². The standard InChI is InChI=1S/C20H24N4O2/c1-15(2)18-12-17(26-23-18)13-22-19(25)24-10-8-20(14-21,9-11-24)16-6-4-3-5-7-16/h3-7,12,15H,8-11,13H2,1-2H3,(H,22,25). The average molecular weight is 352 g/mol. The normalized spacial score (nSPS) is 16.3. The minimum absolute atomic E-state index is 0.132. The molecular weight excluding hydrogens is 328 g/mol. The number of nitrogens with one attached hydrogen (secondary N) is 1. The molecule has 1 fully saturated rings. The molecule has 1 aliphatic heterocycles. The molecule has 1 aromatic carbocycles. The van der Waals surface area contributed by atoms with Gasteiger partial charge in [0.15, 0.2) is 5.76 Å². The second-order valence-corrected chi connectivity index (χ2v) is 7.08. The number of aromatic nitrogens is 1. The zero-order valence-electron chi connectivity index (χ0n) is 15.2. The molecule has 1 N–H and O–H groups in total. The summed E-state index contributed by atoms with van der Waals surface area (Å²) < 4.78 is 5.25. The number of nitriles is 1. The van der Waals surface area contributed by atoms with E-state index in [1.54, 1.807) is 4.90 Å². The molecule has 0 saturated carbocycles. The van der Waals surface area contributed by atoms with E-state index in [2.05, 4.69) is 16.5 Å². The van der Waals surface area contributed by atoms with Crippen molar-refractivity contribution in [2.45, 2.75) is 44.6 Å². The molecule has 0 atom stereocenters. The van der Waals surface area contributed by atoms with Gasteiger partial charge in [0.1, 0.15) is 0 Å². The Morgan fingerprint density at radius 1 is 1.35 bits per heavy atom. The van der Waals surface area contributed by atoms with Crippen LogP contribution in [0.15, 0.2) is 40.9 Å². The summed E-state index contributed by atoms with van der Waals surface area (Å²) >= 11 is 0. The highest BCUT2D eigenvalue weighted by molar-refractivity contribution is 5.74. The lowest BCUT2D eigenvalue weighted by Gasteiger charge is -2.37. The highest BCUT2D eigenvalue weighted by Crippen LogP contribution is 2.34. The van der Waals surface area contributed by atoms with Crippen LogP contribution >= 0.6 is 0 Å². The maximum atomic E-state index is 12.4. The van der Waals surface area contributed by atoms with E-state index < -0.39 is 5.41 Å². The number of urea groups is 1. The molecule has 136 valence electrons. The molecule has 1 aliphatic rings. The van der Waals surface area contributed by atoms with Crippen molar-refractivity contribution in [1.82, 2.24) is 15.4 Å². The Bertz CT molecular complexity index is 784. The van der Waals surface area contributed by atoms with E-state index in [9.17, 15) is 10.1 Å². The summed E-state index contributed by atoms with van der Waals surface area (Å²) in [6.07, 6.45) is 1.28. The van der Waals surface area contributed by atoms with Gasteiger partial charge in [-0.2, -0.15) is 5.26 Å². The van der Waals surface area contributed by atoms with Crippen molar-refractivity contribution in [1.29, 1.82) is 5.26 Å². The van der Waals surface area contributed by atoms with Crippen LogP contribution in [0.5, 0.6) is 0 Å². The number of carbonyl (C=O) groups excluding carboxylic acids is 1. The first-order valence-corrected chi connectivity index (χ1v) is 8.99. The van der Waals surface area contributed by atoms with Gasteiger partial charge in [0, 0.05) is 19.2 Å². The number of rotatable bonds is 4. The number of hydrogen-bond donors (Lipinski definition) is 1. The molecule has 0 unspecified atom stereocenters. The number of carbonyl (C=O) groups is 1. The maximum absolute atomic E-state index is 12.4. The van der Waals surface area contributed by atoms with E-state index in [1.807, 2.05) is 50.2 Å². The average Bonchev–Trinajstić information content (AvgIpc) is 3.16. The molecule has 2 amide bonds. The summed E-state index contributed by atoms with van der Waals surface area (Å²) in [5, 5.41) is 16.6. The third-order valence-corrected chi connectivity index (χ3v) is 5.03. The summed E-state index contributed by atoms with van der Waals surface area (Å²) in [4.78, 5) is 14.2. The van der Waals surface area contributed by atoms with Gasteiger partial charge in [-0.1, -0.05) is 49.3 Å². The number of nitrogens with zero attached hydrogens (tertiary/aromatic N) is 3. The maximum Gasteiger partial charge on any atom is 0.317 e. The number of likely N-dealkylation sites (tertiary alicyclic amines) is 1. The molecule has 2 heterocycles. The fraction of sp³-hybridized carbons (Fsp3) is 0.450. The third kappa shape index (κ3) is 3.72. The first kappa shape index (κ1) is 18.0. The van der Waals surface area contributed by atoms with Crippen LogP contribution in [0.4, 0.5) is 4.79 Å². The summed E-state index contributed by atoms with van der Waals surface area (Å²) in [7, 11) is 0. The van der Waals surface area contributed by atoms with E-state index >= 15 is 0 Å². The number of benzene rings is 1. The Morgan fingerprint density at radius 2 is 2.04 bits per heavy atom. The lowest BCUT2D eigenvalue weighted by molar-refractivity contribution is 0.170. The van der Waals surface area contributed by atoms with Crippen LogP contribution in [-0.4, -0.2) is 29.2 Å². The van der Waals surface area contributed by atoms with E-state index in [-0.39, 0.29) is 6.03 Å². The first-order chi connectivity index (χ1) is 12.5. The highest BCUT2D eigenvalue weighted by atomic mass is 16.5. The van der Waals surface area contributed by atoms with Crippen LogP contribution in [0.3, 0.4) is 0 Å². The van der Waals surface area contributed by atoms with Gasteiger partial charge in [0.05, 0.1) is 23.7 Å². The van der Waals surface area contributed by atoms with Crippen LogP contribution in [-0.2, 0) is 12.0 Å². The number of amides is 2. The van der Waals surface area contributed by atoms with Crippen molar-refractivity contribution >= 4 is 6.03 Å². The Hall–Kier alpha value is -2.81. The SMILES string of the molecule is CC(C)c1cc(CNC(=O)N2CCC(C#N)(c3ccccc3)CC2)on1. The predicted octanol–water partition coefficient (Wildman–Crippen LogP) is 3.56. The van der Waals surface area contributed by atoms with E-state index in [0.29, 0.717) is 44.2 Å². The third-order valence-electron chi connectivity index (χ3n) is 5.03. The zero-order valence-corrected chi connectivity index (χ0v) is 15.2. The predicted molar refractivity (Wildman–Crippen MR) is 97.4 cm³/mol. The first-order valence-electron chi connectivity index (χ1n) is 8.99. The van der Waals surface area contributed by atoms with Crippen LogP contribution < -0.4 is 5.32 Å². The van der Waals surface area contributed by atoms with Gasteiger partial charge in [-0.25, -0.2) is 4.79 Å². The fourth-order valence-corrected chi connectivity index (χ4v) is 3.27. The van der Waals surface area contributed by atoms with E-state index in [0.717, 1.165) is 11.3 Å². The largest absolute Gasteiger partial charge is 0.359 e. The lowest BCUT2D eigenvalue weighted by Crippen LogP contribution is -2.48. The molecule has 0 bridgehead atoms. The van der Waals surface area contributed by atoms with Crippen molar-refractivity contribution in [3.63, 3.8) is 0 Å². The highest BCUT2D eigenvalue weighted by Gasteiger charge is 2.37. The molecule has 6 nitrogen and oxygen atoms in total. The molecule has 0 aliphatic carbocycles. The van der Waals surface area contributed by atoms with Crippen LogP contribution in [0.2, 0.25) is 0 Å². The second-order valence-electron chi connectivity index (χ2n) is 7.08. The minimum Gasteiger partial charge on any atom is -0.359 e. The zero-order chi connectivity index (χ0) is 18.6. The Morgan fingerprint density at radius 3 is 2.62 bits per heavy atom. The van der Waals surface area contributed by atoms with Gasteiger partial charge in [0.25, 0.3) is 0 Å². The van der Waals surface area contributed by atoms with Crippen LogP contribution in [0.1, 0.15) is 49.6 Å². The molecule has 0 spiro atoms. The summed E-state index contributed by atoms with van der Waals surface area (Å²) in [5.74, 6) is 0.942. The summed E-state index contributed by atoms with van der Waals surface area (Å²) in [5.41, 5.74) is 1.41. The van der Waals surface area contributed by atoms with E-state index in [4.69, 9.17) is 4.52 Å². The molecule has 0 radical (unpaired) electrons.